The molecule has 6 heteroatoms. The van der Waals surface area contributed by atoms with Crippen LogP contribution in [0, 0.1) is 5.41 Å². The molecule has 0 saturated heterocycles. The topological polar surface area (TPSA) is 82.2 Å². The molecule has 1 aromatic rings. The van der Waals surface area contributed by atoms with Gasteiger partial charge >= 0.3 is 0 Å². The van der Waals surface area contributed by atoms with Gasteiger partial charge in [-0.2, -0.15) is 0 Å². The van der Waals surface area contributed by atoms with Crippen molar-refractivity contribution in [2.45, 2.75) is 32.7 Å². The molecule has 1 unspecified atom stereocenters. The number of aromatic amines is 1. The molecule has 1 amide bonds. The molecule has 1 aliphatic rings. The van der Waals surface area contributed by atoms with Crippen molar-refractivity contribution >= 4 is 17.5 Å². The molecule has 1 aliphatic carbocycles. The molecule has 1 heterocycles. The number of halogens is 1. The van der Waals surface area contributed by atoms with Crippen molar-refractivity contribution in [3.8, 4) is 5.75 Å². The molecule has 0 aliphatic heterocycles. The number of pyridine rings is 1. The normalized spacial score (nSPS) is 21.2. The van der Waals surface area contributed by atoms with Crippen LogP contribution in [-0.4, -0.2) is 22.0 Å². The van der Waals surface area contributed by atoms with Gasteiger partial charge in [0.15, 0.2) is 11.4 Å². The maximum absolute atomic E-state index is 12.0. The first-order chi connectivity index (χ1) is 8.31. The molecule has 18 heavy (non-hydrogen) atoms. The van der Waals surface area contributed by atoms with E-state index in [0.29, 0.717) is 0 Å². The van der Waals surface area contributed by atoms with Gasteiger partial charge in [0, 0.05) is 12.1 Å². The van der Waals surface area contributed by atoms with E-state index in [9.17, 15) is 14.7 Å². The predicted molar refractivity (Wildman–Crippen MR) is 68.0 cm³/mol. The Kier molecular flexibility index (Phi) is 3.11. The summed E-state index contributed by atoms with van der Waals surface area (Å²) in [5, 5.41) is 12.4. The summed E-state index contributed by atoms with van der Waals surface area (Å²) in [5.74, 6) is -1.11. The molecular weight excluding hydrogens is 256 g/mol. The second kappa shape index (κ2) is 4.31. The van der Waals surface area contributed by atoms with E-state index in [1.165, 1.54) is 0 Å². The molecule has 1 saturated carbocycles. The van der Waals surface area contributed by atoms with Crippen LogP contribution in [0.25, 0.3) is 0 Å². The lowest BCUT2D eigenvalue weighted by Gasteiger charge is -2.44. The van der Waals surface area contributed by atoms with E-state index in [-0.39, 0.29) is 22.3 Å². The number of aromatic nitrogens is 1. The van der Waals surface area contributed by atoms with Crippen molar-refractivity contribution < 1.29 is 9.90 Å². The standard InChI is InChI=1S/C12H15ClN2O3/c1-12(2)4-3-7(12)14-11(18)9-10(17)6(16)5-8(13)15-9/h5,7,17H,3-4H2,1-2H3,(H,14,18)(H,15,16). The molecule has 0 aromatic carbocycles. The first kappa shape index (κ1) is 13.0. The highest BCUT2D eigenvalue weighted by Gasteiger charge is 2.39. The van der Waals surface area contributed by atoms with Gasteiger partial charge < -0.3 is 15.4 Å². The zero-order valence-electron chi connectivity index (χ0n) is 10.2. The van der Waals surface area contributed by atoms with E-state index in [1.54, 1.807) is 0 Å². The first-order valence-corrected chi connectivity index (χ1v) is 6.12. The Labute approximate surface area is 109 Å². The van der Waals surface area contributed by atoms with Gasteiger partial charge in [0.25, 0.3) is 5.91 Å². The number of nitrogens with one attached hydrogen (secondary N) is 2. The molecule has 0 spiro atoms. The fourth-order valence-corrected chi connectivity index (χ4v) is 2.24. The fourth-order valence-electron chi connectivity index (χ4n) is 2.05. The van der Waals surface area contributed by atoms with E-state index in [0.717, 1.165) is 18.9 Å². The van der Waals surface area contributed by atoms with Crippen LogP contribution in [0.2, 0.25) is 5.15 Å². The zero-order chi connectivity index (χ0) is 13.5. The van der Waals surface area contributed by atoms with Crippen LogP contribution in [-0.2, 0) is 0 Å². The second-order valence-corrected chi connectivity index (χ2v) is 5.67. The highest BCUT2D eigenvalue weighted by atomic mass is 35.5. The Bertz CT molecular complexity index is 551. The van der Waals surface area contributed by atoms with Crippen LogP contribution in [0.5, 0.6) is 5.75 Å². The van der Waals surface area contributed by atoms with Crippen LogP contribution < -0.4 is 10.7 Å². The average Bonchev–Trinajstić information content (AvgIpc) is 2.29. The Morgan fingerprint density at radius 3 is 2.78 bits per heavy atom. The van der Waals surface area contributed by atoms with Crippen LogP contribution in [0.1, 0.15) is 37.2 Å². The minimum Gasteiger partial charge on any atom is -0.503 e. The largest absolute Gasteiger partial charge is 0.503 e. The number of carbonyl (C=O) groups is 1. The molecule has 98 valence electrons. The van der Waals surface area contributed by atoms with Crippen LogP contribution in [0.3, 0.4) is 0 Å². The number of hydrogen-bond donors (Lipinski definition) is 3. The van der Waals surface area contributed by atoms with Crippen molar-refractivity contribution in [2.75, 3.05) is 0 Å². The zero-order valence-corrected chi connectivity index (χ0v) is 11.0. The highest BCUT2D eigenvalue weighted by molar-refractivity contribution is 6.29. The lowest BCUT2D eigenvalue weighted by atomic mass is 9.67. The first-order valence-electron chi connectivity index (χ1n) is 5.74. The summed E-state index contributed by atoms with van der Waals surface area (Å²) in [4.78, 5) is 25.8. The van der Waals surface area contributed by atoms with Gasteiger partial charge in [0.1, 0.15) is 5.15 Å². The molecule has 1 atom stereocenters. The molecule has 0 bridgehead atoms. The fraction of sp³-hybridized carbons (Fsp3) is 0.500. The summed E-state index contributed by atoms with van der Waals surface area (Å²) in [6.07, 6.45) is 1.93. The summed E-state index contributed by atoms with van der Waals surface area (Å²) >= 11 is 5.66. The molecular formula is C12H15ClN2O3. The SMILES string of the molecule is CC1(C)CCC1NC(=O)c1[nH]c(Cl)cc(=O)c1O. The average molecular weight is 271 g/mol. The molecule has 1 fully saturated rings. The monoisotopic (exact) mass is 270 g/mol. The van der Waals surface area contributed by atoms with Crippen molar-refractivity contribution in [1.82, 2.24) is 10.3 Å². The van der Waals surface area contributed by atoms with Crippen LogP contribution >= 0.6 is 11.6 Å². The van der Waals surface area contributed by atoms with E-state index in [1.807, 2.05) is 0 Å². The molecule has 2 rings (SSSR count). The maximum Gasteiger partial charge on any atom is 0.271 e. The lowest BCUT2D eigenvalue weighted by Crippen LogP contribution is -2.52. The van der Waals surface area contributed by atoms with Crippen molar-refractivity contribution in [2.24, 2.45) is 5.41 Å². The van der Waals surface area contributed by atoms with E-state index in [2.05, 4.69) is 24.1 Å². The number of H-pyrrole nitrogens is 1. The maximum atomic E-state index is 12.0. The third-order valence-electron chi connectivity index (χ3n) is 3.53. The van der Waals surface area contributed by atoms with Crippen molar-refractivity contribution in [3.63, 3.8) is 0 Å². The van der Waals surface area contributed by atoms with Gasteiger partial charge in [0.05, 0.1) is 0 Å². The van der Waals surface area contributed by atoms with Gasteiger partial charge in [-0.25, -0.2) is 0 Å². The highest BCUT2D eigenvalue weighted by Crippen LogP contribution is 2.40. The molecule has 3 N–H and O–H groups in total. The Balaban J connectivity index is 2.22. The number of hydrogen-bond acceptors (Lipinski definition) is 3. The number of rotatable bonds is 2. The van der Waals surface area contributed by atoms with Crippen molar-refractivity contribution in [1.29, 1.82) is 0 Å². The minimum absolute atomic E-state index is 0.0239. The lowest BCUT2D eigenvalue weighted by molar-refractivity contribution is 0.0725. The summed E-state index contributed by atoms with van der Waals surface area (Å²) in [6, 6.07) is 1.08. The van der Waals surface area contributed by atoms with Crippen LogP contribution in [0.4, 0.5) is 0 Å². The van der Waals surface area contributed by atoms with Crippen LogP contribution in [0.15, 0.2) is 10.9 Å². The second-order valence-electron chi connectivity index (χ2n) is 5.26. The Morgan fingerprint density at radius 1 is 1.61 bits per heavy atom. The van der Waals surface area contributed by atoms with Crippen molar-refractivity contribution in [3.05, 3.63) is 27.1 Å². The number of aromatic hydroxyl groups is 1. The minimum atomic E-state index is -0.670. The Hall–Kier alpha value is -1.49. The number of amides is 1. The Morgan fingerprint density at radius 2 is 2.28 bits per heavy atom. The van der Waals surface area contributed by atoms with E-state index in [4.69, 9.17) is 11.6 Å². The molecule has 1 aromatic heterocycles. The summed E-state index contributed by atoms with van der Waals surface area (Å²) in [5.41, 5.74) is -0.809. The summed E-state index contributed by atoms with van der Waals surface area (Å²) in [6.45, 7) is 4.12. The number of carbonyl (C=O) groups excluding carboxylic acids is 1. The third-order valence-corrected chi connectivity index (χ3v) is 3.73. The third kappa shape index (κ3) is 2.22. The van der Waals surface area contributed by atoms with Gasteiger partial charge in [-0.1, -0.05) is 25.4 Å². The predicted octanol–water partition coefficient (Wildman–Crippen LogP) is 1.65. The van der Waals surface area contributed by atoms with Gasteiger partial charge in [-0.3, -0.25) is 9.59 Å². The summed E-state index contributed by atoms with van der Waals surface area (Å²) in [7, 11) is 0. The van der Waals surface area contributed by atoms with Gasteiger partial charge in [-0.15, -0.1) is 0 Å². The summed E-state index contributed by atoms with van der Waals surface area (Å²) < 4.78 is 0. The molecule has 0 radical (unpaired) electrons. The van der Waals surface area contributed by atoms with Gasteiger partial charge in [0.2, 0.25) is 5.43 Å². The van der Waals surface area contributed by atoms with Gasteiger partial charge in [-0.05, 0) is 18.3 Å². The molecule has 5 nitrogen and oxygen atoms in total. The smallest absolute Gasteiger partial charge is 0.271 e. The van der Waals surface area contributed by atoms with E-state index < -0.39 is 17.1 Å². The quantitative estimate of drug-likeness (QED) is 0.715. The van der Waals surface area contributed by atoms with E-state index >= 15 is 0 Å².